The van der Waals surface area contributed by atoms with Gasteiger partial charge in [0.25, 0.3) is 5.56 Å². The van der Waals surface area contributed by atoms with Crippen molar-refractivity contribution in [1.29, 1.82) is 0 Å². The van der Waals surface area contributed by atoms with Crippen molar-refractivity contribution in [3.63, 3.8) is 0 Å². The minimum Gasteiger partial charge on any atom is -0.299 e. The zero-order valence-corrected chi connectivity index (χ0v) is 12.0. The summed E-state index contributed by atoms with van der Waals surface area (Å²) in [6, 6.07) is 3.37. The molecule has 0 atom stereocenters. The molecule has 0 radical (unpaired) electrons. The summed E-state index contributed by atoms with van der Waals surface area (Å²) in [5, 5.41) is 3.04. The zero-order valence-electron chi connectivity index (χ0n) is 12.0. The number of aromatic amines is 1. The molecule has 0 aliphatic heterocycles. The maximum Gasteiger partial charge on any atom is 0.278 e. The van der Waals surface area contributed by atoms with Crippen LogP contribution in [0.3, 0.4) is 0 Å². The fraction of sp³-hybridized carbons (Fsp3) is 0.400. The van der Waals surface area contributed by atoms with Crippen LogP contribution in [0.15, 0.2) is 29.3 Å². The summed E-state index contributed by atoms with van der Waals surface area (Å²) in [7, 11) is 0. The smallest absolute Gasteiger partial charge is 0.278 e. The van der Waals surface area contributed by atoms with Crippen LogP contribution in [-0.4, -0.2) is 20.5 Å². The van der Waals surface area contributed by atoms with E-state index in [2.05, 4.69) is 23.9 Å². The molecule has 0 spiro atoms. The average Bonchev–Trinajstić information content (AvgIpc) is 2.74. The van der Waals surface area contributed by atoms with Crippen LogP contribution in [0.4, 0.5) is 0 Å². The third-order valence-electron chi connectivity index (χ3n) is 3.11. The molecule has 0 aliphatic rings. The van der Waals surface area contributed by atoms with Crippen LogP contribution in [0.2, 0.25) is 0 Å². The first-order chi connectivity index (χ1) is 9.54. The largest absolute Gasteiger partial charge is 0.299 e. The molecule has 0 bridgehead atoms. The standard InChI is InChI=1S/C15H19N3O2/c1-4-18-15(20)13(12(17-18)8-10(2)3)14(19)11-6-5-7-16-9-11/h5-7,9-10,17H,4,8H2,1-3H3. The van der Waals surface area contributed by atoms with E-state index < -0.39 is 0 Å². The first-order valence-corrected chi connectivity index (χ1v) is 6.81. The molecule has 106 valence electrons. The number of ketones is 1. The maximum atomic E-state index is 12.5. The third kappa shape index (κ3) is 2.71. The van der Waals surface area contributed by atoms with Gasteiger partial charge in [0.05, 0.1) is 0 Å². The van der Waals surface area contributed by atoms with Gasteiger partial charge in [0.1, 0.15) is 5.56 Å². The molecule has 0 saturated carbocycles. The molecule has 1 N–H and O–H groups in total. The zero-order chi connectivity index (χ0) is 14.7. The van der Waals surface area contributed by atoms with E-state index in [0.717, 1.165) is 0 Å². The molecular formula is C15H19N3O2. The fourth-order valence-electron chi connectivity index (χ4n) is 2.19. The second kappa shape index (κ2) is 5.86. The summed E-state index contributed by atoms with van der Waals surface area (Å²) < 4.78 is 1.47. The Kier molecular flexibility index (Phi) is 4.17. The first kappa shape index (κ1) is 14.2. The monoisotopic (exact) mass is 273 g/mol. The molecule has 0 unspecified atom stereocenters. The summed E-state index contributed by atoms with van der Waals surface area (Å²) in [5.74, 6) is 0.0982. The second-order valence-corrected chi connectivity index (χ2v) is 5.18. The lowest BCUT2D eigenvalue weighted by atomic mass is 10.00. The number of aromatic nitrogens is 3. The number of aryl methyl sites for hydroxylation is 1. The Balaban J connectivity index is 2.52. The van der Waals surface area contributed by atoms with E-state index in [4.69, 9.17) is 0 Å². The SMILES string of the molecule is CCn1[nH]c(CC(C)C)c(C(=O)c2cccnc2)c1=O. The van der Waals surface area contributed by atoms with Crippen LogP contribution in [0, 0.1) is 5.92 Å². The molecule has 2 aromatic heterocycles. The Bertz CT molecular complexity index is 654. The highest BCUT2D eigenvalue weighted by Gasteiger charge is 2.22. The normalized spacial score (nSPS) is 11.0. The lowest BCUT2D eigenvalue weighted by molar-refractivity contribution is 0.103. The van der Waals surface area contributed by atoms with Crippen molar-refractivity contribution in [2.45, 2.75) is 33.7 Å². The molecule has 20 heavy (non-hydrogen) atoms. The van der Waals surface area contributed by atoms with Crippen molar-refractivity contribution >= 4 is 5.78 Å². The second-order valence-electron chi connectivity index (χ2n) is 5.18. The van der Waals surface area contributed by atoms with E-state index >= 15 is 0 Å². The van der Waals surface area contributed by atoms with Crippen molar-refractivity contribution < 1.29 is 4.79 Å². The van der Waals surface area contributed by atoms with Gasteiger partial charge in [-0.25, -0.2) is 0 Å². The average molecular weight is 273 g/mol. The minimum absolute atomic E-state index is 0.244. The predicted molar refractivity (Wildman–Crippen MR) is 76.9 cm³/mol. The number of carbonyl (C=O) groups is 1. The summed E-state index contributed by atoms with van der Waals surface area (Å²) in [6.07, 6.45) is 3.76. The number of rotatable bonds is 5. The van der Waals surface area contributed by atoms with Crippen molar-refractivity contribution in [2.24, 2.45) is 5.92 Å². The molecule has 5 nitrogen and oxygen atoms in total. The molecule has 0 saturated heterocycles. The van der Waals surface area contributed by atoms with E-state index in [1.54, 1.807) is 18.3 Å². The number of carbonyl (C=O) groups excluding carboxylic acids is 1. The van der Waals surface area contributed by atoms with E-state index in [9.17, 15) is 9.59 Å². The van der Waals surface area contributed by atoms with Gasteiger partial charge in [-0.1, -0.05) is 13.8 Å². The van der Waals surface area contributed by atoms with Crippen molar-refractivity contribution in [3.05, 3.63) is 51.7 Å². The number of hydrogen-bond acceptors (Lipinski definition) is 3. The number of hydrogen-bond donors (Lipinski definition) is 1. The first-order valence-electron chi connectivity index (χ1n) is 6.81. The lowest BCUT2D eigenvalue weighted by Gasteiger charge is -2.04. The molecule has 5 heteroatoms. The van der Waals surface area contributed by atoms with E-state index in [0.29, 0.717) is 30.1 Å². The van der Waals surface area contributed by atoms with Crippen LogP contribution in [0.5, 0.6) is 0 Å². The Morgan fingerprint density at radius 1 is 1.45 bits per heavy atom. The highest BCUT2D eigenvalue weighted by Crippen LogP contribution is 2.13. The number of nitrogens with zero attached hydrogens (tertiary/aromatic N) is 2. The van der Waals surface area contributed by atoms with Gasteiger partial charge in [-0.2, -0.15) is 0 Å². The molecular weight excluding hydrogens is 254 g/mol. The molecule has 2 rings (SSSR count). The van der Waals surface area contributed by atoms with Gasteiger partial charge >= 0.3 is 0 Å². The molecule has 2 heterocycles. The van der Waals surface area contributed by atoms with Crippen LogP contribution >= 0.6 is 0 Å². The summed E-state index contributed by atoms with van der Waals surface area (Å²) >= 11 is 0. The number of nitrogens with one attached hydrogen (secondary N) is 1. The quantitative estimate of drug-likeness (QED) is 0.847. The van der Waals surface area contributed by atoms with Crippen molar-refractivity contribution in [1.82, 2.24) is 14.8 Å². The van der Waals surface area contributed by atoms with E-state index in [-0.39, 0.29) is 16.9 Å². The Morgan fingerprint density at radius 3 is 2.75 bits per heavy atom. The third-order valence-corrected chi connectivity index (χ3v) is 3.11. The fourth-order valence-corrected chi connectivity index (χ4v) is 2.19. The molecule has 0 aliphatic carbocycles. The van der Waals surface area contributed by atoms with Crippen LogP contribution < -0.4 is 5.56 Å². The topological polar surface area (TPSA) is 67.8 Å². The summed E-state index contributed by atoms with van der Waals surface area (Å²) in [5.41, 5.74) is 1.14. The molecule has 0 fully saturated rings. The predicted octanol–water partition coefficient (Wildman–Crippen LogP) is 2.02. The maximum absolute atomic E-state index is 12.5. The number of H-pyrrole nitrogens is 1. The molecule has 0 aromatic carbocycles. The van der Waals surface area contributed by atoms with Gasteiger partial charge in [0, 0.05) is 30.2 Å². The van der Waals surface area contributed by atoms with Gasteiger partial charge in [0.2, 0.25) is 5.78 Å². The highest BCUT2D eigenvalue weighted by atomic mass is 16.2. The van der Waals surface area contributed by atoms with Gasteiger partial charge in [-0.15, -0.1) is 0 Å². The van der Waals surface area contributed by atoms with E-state index in [1.807, 2.05) is 6.92 Å². The Labute approximate surface area is 117 Å². The summed E-state index contributed by atoms with van der Waals surface area (Å²) in [6.45, 7) is 6.50. The van der Waals surface area contributed by atoms with Gasteiger partial charge < -0.3 is 0 Å². The van der Waals surface area contributed by atoms with E-state index in [1.165, 1.54) is 10.9 Å². The van der Waals surface area contributed by atoms with Crippen LogP contribution in [0.25, 0.3) is 0 Å². The molecule has 2 aromatic rings. The van der Waals surface area contributed by atoms with Crippen molar-refractivity contribution in [2.75, 3.05) is 0 Å². The highest BCUT2D eigenvalue weighted by molar-refractivity contribution is 6.09. The Morgan fingerprint density at radius 2 is 2.20 bits per heavy atom. The van der Waals surface area contributed by atoms with Gasteiger partial charge in [-0.05, 0) is 31.4 Å². The van der Waals surface area contributed by atoms with Crippen LogP contribution in [0.1, 0.15) is 42.4 Å². The Hall–Kier alpha value is -2.17. The van der Waals surface area contributed by atoms with Crippen LogP contribution in [-0.2, 0) is 13.0 Å². The summed E-state index contributed by atoms with van der Waals surface area (Å²) in [4.78, 5) is 28.8. The number of pyridine rings is 1. The lowest BCUT2D eigenvalue weighted by Crippen LogP contribution is -2.21. The molecule has 0 amide bonds. The van der Waals surface area contributed by atoms with Gasteiger partial charge in [-0.3, -0.25) is 24.4 Å². The van der Waals surface area contributed by atoms with Crippen molar-refractivity contribution in [3.8, 4) is 0 Å². The minimum atomic E-state index is -0.262. The van der Waals surface area contributed by atoms with Gasteiger partial charge in [0.15, 0.2) is 0 Å².